The van der Waals surface area contributed by atoms with E-state index in [1.807, 2.05) is 24.3 Å². The van der Waals surface area contributed by atoms with Gasteiger partial charge >= 0.3 is 0 Å². The third kappa shape index (κ3) is 3.34. The van der Waals surface area contributed by atoms with Crippen LogP contribution in [0.1, 0.15) is 11.1 Å². The summed E-state index contributed by atoms with van der Waals surface area (Å²) >= 11 is 5.90. The van der Waals surface area contributed by atoms with E-state index >= 15 is 0 Å². The van der Waals surface area contributed by atoms with Crippen molar-refractivity contribution in [3.63, 3.8) is 0 Å². The van der Waals surface area contributed by atoms with Crippen LogP contribution in [0.15, 0.2) is 48.8 Å². The lowest BCUT2D eigenvalue weighted by molar-refractivity contribution is 0.462. The Kier molecular flexibility index (Phi) is 4.11. The number of nitrogens with zero attached hydrogens (tertiary/aromatic N) is 2. The molecule has 0 saturated carbocycles. The highest BCUT2D eigenvalue weighted by Crippen LogP contribution is 2.37. The van der Waals surface area contributed by atoms with Crippen molar-refractivity contribution in [1.29, 1.82) is 0 Å². The van der Waals surface area contributed by atoms with Gasteiger partial charge in [0, 0.05) is 23.7 Å². The van der Waals surface area contributed by atoms with Crippen molar-refractivity contribution in [2.75, 3.05) is 10.6 Å². The Morgan fingerprint density at radius 2 is 2.00 bits per heavy atom. The van der Waals surface area contributed by atoms with Gasteiger partial charge in [-0.2, -0.15) is 4.98 Å². The fraction of sp³-hybridized carbons (Fsp3) is 0.111. The first-order valence-electron chi connectivity index (χ1n) is 7.72. The van der Waals surface area contributed by atoms with E-state index in [1.54, 1.807) is 6.07 Å². The van der Waals surface area contributed by atoms with E-state index in [0.29, 0.717) is 41.2 Å². The van der Waals surface area contributed by atoms with Crippen molar-refractivity contribution >= 4 is 23.1 Å². The molecule has 1 aliphatic rings. The molecular formula is C18H14ClFN4O. The number of aromatic nitrogens is 2. The molecule has 0 fully saturated rings. The first-order chi connectivity index (χ1) is 12.2. The molecule has 3 aromatic rings. The van der Waals surface area contributed by atoms with E-state index < -0.39 is 0 Å². The lowest BCUT2D eigenvalue weighted by Crippen LogP contribution is -2.07. The van der Waals surface area contributed by atoms with Gasteiger partial charge in [0.2, 0.25) is 5.88 Å². The highest BCUT2D eigenvalue weighted by molar-refractivity contribution is 6.30. The van der Waals surface area contributed by atoms with Crippen molar-refractivity contribution in [2.45, 2.75) is 13.1 Å². The maximum Gasteiger partial charge on any atom is 0.248 e. The fourth-order valence-corrected chi connectivity index (χ4v) is 2.73. The molecule has 25 heavy (non-hydrogen) atoms. The van der Waals surface area contributed by atoms with Crippen LogP contribution in [0.3, 0.4) is 0 Å². The average molecular weight is 357 g/mol. The van der Waals surface area contributed by atoms with Crippen LogP contribution in [0.5, 0.6) is 11.6 Å². The second-order valence-corrected chi connectivity index (χ2v) is 6.03. The van der Waals surface area contributed by atoms with Crippen LogP contribution in [0, 0.1) is 5.82 Å². The normalized spacial score (nSPS) is 12.2. The number of ether oxygens (including phenoxy) is 1. The van der Waals surface area contributed by atoms with Crippen molar-refractivity contribution in [1.82, 2.24) is 9.97 Å². The van der Waals surface area contributed by atoms with Gasteiger partial charge in [0.25, 0.3) is 0 Å². The molecule has 0 unspecified atom stereocenters. The number of fused-ring (bicyclic) bond motifs is 2. The van der Waals surface area contributed by atoms with Crippen molar-refractivity contribution < 1.29 is 9.13 Å². The minimum atomic E-state index is -0.303. The molecule has 1 aromatic heterocycles. The van der Waals surface area contributed by atoms with Gasteiger partial charge in [0.15, 0.2) is 5.82 Å². The molecule has 126 valence electrons. The molecule has 2 N–H and O–H groups in total. The Bertz CT molecular complexity index is 917. The number of hydrogen-bond acceptors (Lipinski definition) is 5. The van der Waals surface area contributed by atoms with Gasteiger partial charge in [-0.25, -0.2) is 9.37 Å². The minimum absolute atomic E-state index is 0.303. The van der Waals surface area contributed by atoms with Crippen molar-refractivity contribution in [3.8, 4) is 11.6 Å². The maximum atomic E-state index is 13.4. The van der Waals surface area contributed by atoms with Gasteiger partial charge in [-0.15, -0.1) is 0 Å². The van der Waals surface area contributed by atoms with Gasteiger partial charge in [-0.05, 0) is 35.9 Å². The summed E-state index contributed by atoms with van der Waals surface area (Å²) in [5.41, 5.74) is 2.44. The summed E-state index contributed by atoms with van der Waals surface area (Å²) in [4.78, 5) is 8.46. The van der Waals surface area contributed by atoms with E-state index in [4.69, 9.17) is 16.3 Å². The number of benzene rings is 2. The van der Waals surface area contributed by atoms with E-state index in [-0.39, 0.29) is 5.82 Å². The summed E-state index contributed by atoms with van der Waals surface area (Å²) in [5.74, 6) is 1.30. The van der Waals surface area contributed by atoms with Crippen LogP contribution in [0.4, 0.5) is 15.9 Å². The Labute approximate surface area is 148 Å². The van der Waals surface area contributed by atoms with E-state index in [0.717, 1.165) is 11.1 Å². The molecule has 0 spiro atoms. The van der Waals surface area contributed by atoms with E-state index in [9.17, 15) is 4.39 Å². The van der Waals surface area contributed by atoms with Crippen LogP contribution >= 0.6 is 11.6 Å². The summed E-state index contributed by atoms with van der Waals surface area (Å²) in [6, 6.07) is 12.0. The van der Waals surface area contributed by atoms with Gasteiger partial charge in [0.05, 0.1) is 0 Å². The molecule has 0 bridgehead atoms. The molecule has 0 amide bonds. The van der Waals surface area contributed by atoms with Crippen LogP contribution < -0.4 is 15.4 Å². The summed E-state index contributed by atoms with van der Waals surface area (Å²) in [5, 5.41) is 7.18. The van der Waals surface area contributed by atoms with E-state index in [1.165, 1.54) is 18.5 Å². The molecule has 2 heterocycles. The second kappa shape index (κ2) is 6.57. The Morgan fingerprint density at radius 3 is 2.84 bits per heavy atom. The Morgan fingerprint density at radius 1 is 1.16 bits per heavy atom. The molecule has 7 heteroatoms. The molecule has 0 radical (unpaired) electrons. The average Bonchev–Trinajstić information content (AvgIpc) is 2.80. The number of rotatable bonds is 3. The minimum Gasteiger partial charge on any atom is -0.437 e. The highest BCUT2D eigenvalue weighted by Gasteiger charge is 2.19. The van der Waals surface area contributed by atoms with Gasteiger partial charge in [0.1, 0.15) is 23.6 Å². The van der Waals surface area contributed by atoms with Crippen LogP contribution in [-0.4, -0.2) is 9.97 Å². The summed E-state index contributed by atoms with van der Waals surface area (Å²) in [6.45, 7) is 0.993. The van der Waals surface area contributed by atoms with Crippen LogP contribution in [-0.2, 0) is 13.1 Å². The molecular weight excluding hydrogens is 343 g/mol. The monoisotopic (exact) mass is 356 g/mol. The molecule has 0 atom stereocenters. The zero-order valence-electron chi connectivity index (χ0n) is 13.1. The summed E-state index contributed by atoms with van der Waals surface area (Å²) in [6.07, 6.45) is 1.43. The third-order valence-corrected chi connectivity index (χ3v) is 4.12. The molecule has 5 nitrogen and oxygen atoms in total. The smallest absolute Gasteiger partial charge is 0.248 e. The number of anilines is 2. The molecule has 0 aliphatic carbocycles. The Hall–Kier alpha value is -2.86. The zero-order valence-corrected chi connectivity index (χ0v) is 13.8. The van der Waals surface area contributed by atoms with Gasteiger partial charge in [-0.3, -0.25) is 0 Å². The summed E-state index contributed by atoms with van der Waals surface area (Å²) < 4.78 is 19.3. The molecule has 1 aliphatic heterocycles. The highest BCUT2D eigenvalue weighted by atomic mass is 35.5. The van der Waals surface area contributed by atoms with E-state index in [2.05, 4.69) is 20.6 Å². The molecule has 4 rings (SSSR count). The first-order valence-corrected chi connectivity index (χ1v) is 8.10. The second-order valence-electron chi connectivity index (χ2n) is 5.59. The predicted octanol–water partition coefficient (Wildman–Crippen LogP) is 4.60. The Balaban J connectivity index is 1.58. The lowest BCUT2D eigenvalue weighted by atomic mass is 10.2. The number of nitrogens with one attached hydrogen (secondary N) is 2. The lowest BCUT2D eigenvalue weighted by Gasteiger charge is -2.12. The fourth-order valence-electron chi connectivity index (χ4n) is 2.60. The van der Waals surface area contributed by atoms with Crippen molar-refractivity contribution in [2.24, 2.45) is 0 Å². The topological polar surface area (TPSA) is 59.1 Å². The molecule has 2 aromatic carbocycles. The SMILES string of the molecule is Fc1ccc2c(c1)CNc1c(NCc3ccc(Cl)cc3)ncnc1O2. The van der Waals surface area contributed by atoms with Gasteiger partial charge < -0.3 is 15.4 Å². The van der Waals surface area contributed by atoms with Crippen LogP contribution in [0.2, 0.25) is 5.02 Å². The predicted molar refractivity (Wildman–Crippen MR) is 94.6 cm³/mol. The first kappa shape index (κ1) is 15.7. The standard InChI is InChI=1S/C18H14ClFN4O/c19-13-3-1-11(2-4-13)8-22-17-16-18(24-10-23-17)25-15-6-5-14(20)7-12(15)9-21-16/h1-7,10,21H,8-9H2,(H,22,23,24). The maximum absolute atomic E-state index is 13.4. The zero-order chi connectivity index (χ0) is 17.2. The largest absolute Gasteiger partial charge is 0.437 e. The quantitative estimate of drug-likeness (QED) is 0.718. The third-order valence-electron chi connectivity index (χ3n) is 3.87. The van der Waals surface area contributed by atoms with Crippen molar-refractivity contribution in [3.05, 3.63) is 70.8 Å². The van der Waals surface area contributed by atoms with Gasteiger partial charge in [-0.1, -0.05) is 23.7 Å². The van der Waals surface area contributed by atoms with Crippen LogP contribution in [0.25, 0.3) is 0 Å². The summed E-state index contributed by atoms with van der Waals surface area (Å²) in [7, 11) is 0. The number of halogens is 2. The number of hydrogen-bond donors (Lipinski definition) is 2. The molecule has 0 saturated heterocycles.